The first-order valence-electron chi connectivity index (χ1n) is 9.61. The highest BCUT2D eigenvalue weighted by molar-refractivity contribution is 6.30. The third-order valence-electron chi connectivity index (χ3n) is 5.70. The third-order valence-corrected chi connectivity index (χ3v) is 5.95. The van der Waals surface area contributed by atoms with Crippen LogP contribution in [-0.2, 0) is 13.5 Å². The lowest BCUT2D eigenvalue weighted by Crippen LogP contribution is -2.43. The fourth-order valence-corrected chi connectivity index (χ4v) is 4.35. The van der Waals surface area contributed by atoms with Gasteiger partial charge in [-0.3, -0.25) is 9.36 Å². The van der Waals surface area contributed by atoms with Crippen molar-refractivity contribution in [3.63, 3.8) is 0 Å². The van der Waals surface area contributed by atoms with Crippen molar-refractivity contribution >= 4 is 22.5 Å². The highest BCUT2D eigenvalue weighted by atomic mass is 35.5. The zero-order valence-electron chi connectivity index (χ0n) is 16.1. The number of rotatable bonds is 2. The number of aromatic amines is 1. The van der Waals surface area contributed by atoms with Gasteiger partial charge >= 0.3 is 5.69 Å². The topological polar surface area (TPSA) is 92.0 Å². The molecule has 3 N–H and O–H groups in total. The molecule has 1 aliphatic rings. The number of halogens is 1. The summed E-state index contributed by atoms with van der Waals surface area (Å²) in [6.07, 6.45) is 0.799. The Morgan fingerprint density at radius 2 is 1.83 bits per heavy atom. The summed E-state index contributed by atoms with van der Waals surface area (Å²) in [5, 5.41) is 15.7. The van der Waals surface area contributed by atoms with E-state index in [1.807, 2.05) is 24.3 Å². The van der Waals surface area contributed by atoms with E-state index >= 15 is 0 Å². The van der Waals surface area contributed by atoms with Crippen LogP contribution < -0.4 is 16.6 Å². The summed E-state index contributed by atoms with van der Waals surface area (Å²) in [5.74, 6) is -0.348. The molecule has 3 heterocycles. The quantitative estimate of drug-likeness (QED) is 0.463. The average Bonchev–Trinajstić information content (AvgIpc) is 3.13. The number of benzene rings is 2. The lowest BCUT2D eigenvalue weighted by Gasteiger charge is -2.26. The van der Waals surface area contributed by atoms with Crippen molar-refractivity contribution < 1.29 is 5.11 Å². The molecule has 0 bridgehead atoms. The van der Waals surface area contributed by atoms with E-state index in [0.29, 0.717) is 17.3 Å². The normalized spacial score (nSPS) is 16.0. The lowest BCUT2D eigenvalue weighted by molar-refractivity contribution is 0.394. The van der Waals surface area contributed by atoms with E-state index < -0.39 is 17.3 Å². The van der Waals surface area contributed by atoms with E-state index in [-0.39, 0.29) is 11.4 Å². The van der Waals surface area contributed by atoms with Crippen molar-refractivity contribution in [2.45, 2.75) is 12.5 Å². The molecular weight excluding hydrogens is 404 g/mol. The van der Waals surface area contributed by atoms with E-state index in [4.69, 9.17) is 11.6 Å². The molecule has 0 radical (unpaired) electrons. The van der Waals surface area contributed by atoms with Gasteiger partial charge in [-0.1, -0.05) is 29.8 Å². The average molecular weight is 423 g/mol. The van der Waals surface area contributed by atoms with Crippen LogP contribution in [0.15, 0.2) is 58.1 Å². The van der Waals surface area contributed by atoms with Gasteiger partial charge in [0.2, 0.25) is 5.88 Å². The van der Waals surface area contributed by atoms with Crippen LogP contribution in [0, 0.1) is 0 Å². The van der Waals surface area contributed by atoms with Crippen LogP contribution in [0.1, 0.15) is 22.9 Å². The van der Waals surface area contributed by atoms with Crippen molar-refractivity contribution in [2.75, 3.05) is 6.54 Å². The molecule has 30 heavy (non-hydrogen) atoms. The second kappa shape index (κ2) is 6.90. The van der Waals surface area contributed by atoms with Crippen LogP contribution in [0.5, 0.6) is 5.88 Å². The lowest BCUT2D eigenvalue weighted by atomic mass is 9.95. The maximum Gasteiger partial charge on any atom is 0.338 e. The summed E-state index contributed by atoms with van der Waals surface area (Å²) in [5.41, 5.74) is 2.23. The number of aromatic hydroxyl groups is 1. The SMILES string of the molecule is Cn1c(O)c(C2NCCc3c2[nH]c2ccccc32)c(=O)n(-c2ccc(Cl)cc2)c1=O. The Balaban J connectivity index is 1.78. The Hall–Kier alpha value is -3.29. The van der Waals surface area contributed by atoms with Crippen LogP contribution in [-0.4, -0.2) is 25.8 Å². The highest BCUT2D eigenvalue weighted by Crippen LogP contribution is 2.34. The third kappa shape index (κ3) is 2.70. The number of nitrogens with one attached hydrogen (secondary N) is 2. The maximum atomic E-state index is 13.5. The molecule has 0 amide bonds. The van der Waals surface area contributed by atoms with E-state index in [0.717, 1.165) is 37.7 Å². The molecule has 1 aliphatic heterocycles. The number of hydrogen-bond acceptors (Lipinski definition) is 4. The summed E-state index contributed by atoms with van der Waals surface area (Å²) in [6, 6.07) is 13.8. The number of fused-ring (bicyclic) bond motifs is 3. The first-order chi connectivity index (χ1) is 14.5. The summed E-state index contributed by atoms with van der Waals surface area (Å²) in [4.78, 5) is 29.7. The predicted molar refractivity (Wildman–Crippen MR) is 116 cm³/mol. The fourth-order valence-electron chi connectivity index (χ4n) is 4.22. The van der Waals surface area contributed by atoms with Crippen molar-refractivity contribution in [1.29, 1.82) is 0 Å². The fraction of sp³-hybridized carbons (Fsp3) is 0.182. The molecule has 0 saturated heterocycles. The summed E-state index contributed by atoms with van der Waals surface area (Å²) < 4.78 is 2.15. The smallest absolute Gasteiger partial charge is 0.338 e. The minimum atomic E-state index is -0.628. The van der Waals surface area contributed by atoms with Gasteiger partial charge in [-0.25, -0.2) is 9.36 Å². The van der Waals surface area contributed by atoms with Gasteiger partial charge in [0.15, 0.2) is 0 Å². The van der Waals surface area contributed by atoms with Gasteiger partial charge in [0.25, 0.3) is 5.56 Å². The Morgan fingerprint density at radius 1 is 1.10 bits per heavy atom. The molecule has 152 valence electrons. The van der Waals surface area contributed by atoms with E-state index in [2.05, 4.69) is 10.3 Å². The molecule has 1 atom stereocenters. The number of hydrogen-bond donors (Lipinski definition) is 3. The molecule has 8 heteroatoms. The van der Waals surface area contributed by atoms with Crippen LogP contribution >= 0.6 is 11.6 Å². The van der Waals surface area contributed by atoms with Gasteiger partial charge in [-0.05, 0) is 42.3 Å². The zero-order chi connectivity index (χ0) is 21.0. The van der Waals surface area contributed by atoms with Gasteiger partial charge < -0.3 is 15.4 Å². The Labute approximate surface area is 176 Å². The molecule has 4 aromatic rings. The second-order valence-corrected chi connectivity index (χ2v) is 7.83. The number of H-pyrrole nitrogens is 1. The summed E-state index contributed by atoms with van der Waals surface area (Å²) in [7, 11) is 1.45. The molecule has 0 saturated carbocycles. The minimum Gasteiger partial charge on any atom is -0.494 e. The van der Waals surface area contributed by atoms with Crippen LogP contribution in [0.3, 0.4) is 0 Å². The number of para-hydroxylation sites is 1. The van der Waals surface area contributed by atoms with Crippen molar-refractivity contribution in [3.05, 3.63) is 91.2 Å². The molecule has 2 aromatic heterocycles. The number of aromatic nitrogens is 3. The van der Waals surface area contributed by atoms with Gasteiger partial charge in [-0.2, -0.15) is 0 Å². The molecule has 7 nitrogen and oxygen atoms in total. The molecule has 0 aliphatic carbocycles. The highest BCUT2D eigenvalue weighted by Gasteiger charge is 2.32. The Bertz CT molecular complexity index is 1400. The molecule has 0 spiro atoms. The van der Waals surface area contributed by atoms with Gasteiger partial charge in [0, 0.05) is 35.2 Å². The zero-order valence-corrected chi connectivity index (χ0v) is 16.9. The van der Waals surface area contributed by atoms with Crippen LogP contribution in [0.25, 0.3) is 16.6 Å². The van der Waals surface area contributed by atoms with Crippen molar-refractivity contribution in [2.24, 2.45) is 7.05 Å². The summed E-state index contributed by atoms with van der Waals surface area (Å²) >= 11 is 5.96. The Morgan fingerprint density at radius 3 is 2.60 bits per heavy atom. The molecule has 2 aromatic carbocycles. The largest absolute Gasteiger partial charge is 0.494 e. The van der Waals surface area contributed by atoms with Crippen LogP contribution in [0.2, 0.25) is 5.02 Å². The van der Waals surface area contributed by atoms with Gasteiger partial charge in [0.05, 0.1) is 11.7 Å². The monoisotopic (exact) mass is 422 g/mol. The molecule has 5 rings (SSSR count). The van der Waals surface area contributed by atoms with E-state index in [9.17, 15) is 14.7 Å². The first-order valence-corrected chi connectivity index (χ1v) is 9.99. The van der Waals surface area contributed by atoms with E-state index in [1.165, 1.54) is 7.05 Å². The second-order valence-electron chi connectivity index (χ2n) is 7.40. The molecule has 1 unspecified atom stereocenters. The van der Waals surface area contributed by atoms with Gasteiger partial charge in [0.1, 0.15) is 5.56 Å². The summed E-state index contributed by atoms with van der Waals surface area (Å²) in [6.45, 7) is 0.641. The van der Waals surface area contributed by atoms with E-state index in [1.54, 1.807) is 24.3 Å². The van der Waals surface area contributed by atoms with Crippen molar-refractivity contribution in [1.82, 2.24) is 19.4 Å². The minimum absolute atomic E-state index is 0.125. The van der Waals surface area contributed by atoms with Crippen molar-refractivity contribution in [3.8, 4) is 11.6 Å². The standard InChI is InChI=1S/C22H19ClN4O3/c1-26-20(28)17(21(29)27(22(26)30)13-8-6-12(23)7-9-13)19-18-15(10-11-24-19)14-4-2-3-5-16(14)25-18/h2-9,19,24-25,28H,10-11H2,1H3. The van der Waals surface area contributed by atoms with Crippen LogP contribution in [0.4, 0.5) is 0 Å². The Kier molecular flexibility index (Phi) is 4.30. The molecular formula is C22H19ClN4O3. The first kappa shape index (κ1) is 18.7. The number of nitrogens with zero attached hydrogens (tertiary/aromatic N) is 2. The predicted octanol–water partition coefficient (Wildman–Crippen LogP) is 2.61. The maximum absolute atomic E-state index is 13.5. The molecule has 0 fully saturated rings. The van der Waals surface area contributed by atoms with Gasteiger partial charge in [-0.15, -0.1) is 0 Å².